The molecule has 0 amide bonds. The summed E-state index contributed by atoms with van der Waals surface area (Å²) in [5.41, 5.74) is 8.15. The molecule has 0 aliphatic rings. The molecule has 0 aliphatic carbocycles. The van der Waals surface area contributed by atoms with Gasteiger partial charge in [-0.2, -0.15) is 0 Å². The summed E-state index contributed by atoms with van der Waals surface area (Å²) in [5.74, 6) is 4.19. The van der Waals surface area contributed by atoms with Crippen LogP contribution in [0.4, 0.5) is 0 Å². The van der Waals surface area contributed by atoms with Gasteiger partial charge in [0.05, 0.1) is 17.0 Å². The van der Waals surface area contributed by atoms with Gasteiger partial charge < -0.3 is 5.11 Å². The number of aromatic carboxylic acids is 1. The van der Waals surface area contributed by atoms with Crippen LogP contribution < -0.4 is 0 Å². The van der Waals surface area contributed by atoms with E-state index in [9.17, 15) is 4.79 Å². The lowest BCUT2D eigenvalue weighted by Gasteiger charge is -1.87. The van der Waals surface area contributed by atoms with Crippen LogP contribution in [0.1, 0.15) is 15.2 Å². The second-order valence-electron chi connectivity index (χ2n) is 2.16. The Labute approximate surface area is 83.6 Å². The smallest absolute Gasteiger partial charge is 0.337 e. The topological polar surface area (TPSA) is 86.1 Å². The Kier molecular flexibility index (Phi) is 3.56. The van der Waals surface area contributed by atoms with Gasteiger partial charge in [-0.05, 0) is 17.0 Å². The highest BCUT2D eigenvalue weighted by atomic mass is 32.1. The van der Waals surface area contributed by atoms with Crippen molar-refractivity contribution in [2.24, 2.45) is 5.11 Å². The molecule has 1 N–H and O–H groups in total. The van der Waals surface area contributed by atoms with Crippen LogP contribution in [0.25, 0.3) is 10.4 Å². The van der Waals surface area contributed by atoms with Crippen LogP contribution in [0, 0.1) is 11.8 Å². The molecule has 0 aliphatic heterocycles. The van der Waals surface area contributed by atoms with E-state index >= 15 is 0 Å². The van der Waals surface area contributed by atoms with Gasteiger partial charge in [-0.25, -0.2) is 4.79 Å². The van der Waals surface area contributed by atoms with Crippen molar-refractivity contribution in [1.82, 2.24) is 0 Å². The first-order chi connectivity index (χ1) is 6.75. The van der Waals surface area contributed by atoms with Crippen LogP contribution in [0.5, 0.6) is 0 Å². The van der Waals surface area contributed by atoms with Crippen LogP contribution in [0.2, 0.25) is 0 Å². The van der Waals surface area contributed by atoms with E-state index in [0.29, 0.717) is 4.88 Å². The summed E-state index contributed by atoms with van der Waals surface area (Å²) in [5, 5.41) is 13.6. The highest BCUT2D eigenvalue weighted by molar-refractivity contribution is 7.10. The first-order valence-corrected chi connectivity index (χ1v) is 4.44. The molecule has 1 aromatic heterocycles. The maximum atomic E-state index is 10.6. The van der Waals surface area contributed by atoms with Crippen molar-refractivity contribution in [3.05, 3.63) is 32.3 Å². The van der Waals surface area contributed by atoms with E-state index in [1.54, 1.807) is 5.38 Å². The molecule has 0 fully saturated rings. The van der Waals surface area contributed by atoms with Gasteiger partial charge >= 0.3 is 5.97 Å². The molecule has 0 atom stereocenters. The zero-order valence-corrected chi connectivity index (χ0v) is 7.78. The lowest BCUT2D eigenvalue weighted by atomic mass is 10.2. The maximum absolute atomic E-state index is 10.6. The first-order valence-electron chi connectivity index (χ1n) is 3.56. The predicted octanol–water partition coefficient (Wildman–Crippen LogP) is 2.11. The van der Waals surface area contributed by atoms with E-state index in [0.717, 1.165) is 0 Å². The fourth-order valence-corrected chi connectivity index (χ4v) is 1.51. The predicted molar refractivity (Wildman–Crippen MR) is 52.2 cm³/mol. The molecule has 0 bridgehead atoms. The summed E-state index contributed by atoms with van der Waals surface area (Å²) < 4.78 is 0. The largest absolute Gasteiger partial charge is 0.478 e. The molecule has 0 spiro atoms. The number of thiophene rings is 1. The number of hydrogen-bond acceptors (Lipinski definition) is 3. The minimum Gasteiger partial charge on any atom is -0.478 e. The average Bonchev–Trinajstić information content (AvgIpc) is 2.60. The summed E-state index contributed by atoms with van der Waals surface area (Å²) in [6.45, 7) is 0.0491. The molecular formula is C8H5N3O2S. The van der Waals surface area contributed by atoms with Crippen molar-refractivity contribution in [3.8, 4) is 11.8 Å². The third kappa shape index (κ3) is 2.52. The number of rotatable bonds is 2. The Bertz CT molecular complexity index is 449. The molecule has 1 heterocycles. The molecular weight excluding hydrogens is 202 g/mol. The van der Waals surface area contributed by atoms with E-state index < -0.39 is 5.97 Å². The van der Waals surface area contributed by atoms with Crippen molar-refractivity contribution in [1.29, 1.82) is 0 Å². The second-order valence-corrected chi connectivity index (χ2v) is 3.08. The van der Waals surface area contributed by atoms with Crippen molar-refractivity contribution < 1.29 is 9.90 Å². The molecule has 6 heteroatoms. The van der Waals surface area contributed by atoms with Gasteiger partial charge in [-0.3, -0.25) is 0 Å². The molecule has 14 heavy (non-hydrogen) atoms. The monoisotopic (exact) mass is 207 g/mol. The summed E-state index contributed by atoms with van der Waals surface area (Å²) >= 11 is 1.25. The Hall–Kier alpha value is -1.96. The Morgan fingerprint density at radius 1 is 1.79 bits per heavy atom. The Morgan fingerprint density at radius 3 is 3.21 bits per heavy atom. The van der Waals surface area contributed by atoms with E-state index in [-0.39, 0.29) is 12.1 Å². The summed E-state index contributed by atoms with van der Waals surface area (Å²) in [7, 11) is 0. The van der Waals surface area contributed by atoms with Crippen molar-refractivity contribution in [2.45, 2.75) is 0 Å². The molecule has 0 radical (unpaired) electrons. The van der Waals surface area contributed by atoms with Gasteiger partial charge in [-0.1, -0.05) is 17.0 Å². The van der Waals surface area contributed by atoms with E-state index in [1.807, 2.05) is 0 Å². The van der Waals surface area contributed by atoms with Crippen LogP contribution in [-0.4, -0.2) is 17.6 Å². The molecule has 0 saturated carbocycles. The molecule has 0 unspecified atom stereocenters. The van der Waals surface area contributed by atoms with Gasteiger partial charge in [0.1, 0.15) is 0 Å². The lowest BCUT2D eigenvalue weighted by Crippen LogP contribution is -1.95. The third-order valence-corrected chi connectivity index (χ3v) is 2.14. The third-order valence-electron chi connectivity index (χ3n) is 1.31. The number of carboxylic acids is 1. The van der Waals surface area contributed by atoms with Crippen LogP contribution in [0.15, 0.2) is 16.6 Å². The zero-order chi connectivity index (χ0) is 10.4. The average molecular weight is 207 g/mol. The minimum atomic E-state index is -1.00. The van der Waals surface area contributed by atoms with Gasteiger partial charge in [-0.15, -0.1) is 11.3 Å². The SMILES string of the molecule is [N-]=[N+]=NCC#Cc1sccc1C(=O)O. The maximum Gasteiger partial charge on any atom is 0.337 e. The van der Waals surface area contributed by atoms with E-state index in [1.165, 1.54) is 17.4 Å². The van der Waals surface area contributed by atoms with Gasteiger partial charge in [0.2, 0.25) is 0 Å². The summed E-state index contributed by atoms with van der Waals surface area (Å²) in [6, 6.07) is 1.49. The van der Waals surface area contributed by atoms with Crippen LogP contribution in [0.3, 0.4) is 0 Å². The Morgan fingerprint density at radius 2 is 2.57 bits per heavy atom. The number of azide groups is 1. The van der Waals surface area contributed by atoms with E-state index in [2.05, 4.69) is 21.9 Å². The fraction of sp³-hybridized carbons (Fsp3) is 0.125. The summed E-state index contributed by atoms with van der Waals surface area (Å²) in [4.78, 5) is 13.6. The molecule has 5 nitrogen and oxygen atoms in total. The fourth-order valence-electron chi connectivity index (χ4n) is 0.761. The lowest BCUT2D eigenvalue weighted by molar-refractivity contribution is 0.0697. The quantitative estimate of drug-likeness (QED) is 0.348. The highest BCUT2D eigenvalue weighted by Gasteiger charge is 2.08. The second kappa shape index (κ2) is 4.92. The summed E-state index contributed by atoms with van der Waals surface area (Å²) in [6.07, 6.45) is 0. The number of hydrogen-bond donors (Lipinski definition) is 1. The van der Waals surface area contributed by atoms with Gasteiger partial charge in [0, 0.05) is 4.91 Å². The normalized spacial score (nSPS) is 8.29. The molecule has 70 valence electrons. The molecule has 1 aromatic rings. The molecule has 1 rings (SSSR count). The first kappa shape index (κ1) is 10.1. The van der Waals surface area contributed by atoms with E-state index in [4.69, 9.17) is 10.6 Å². The number of carbonyl (C=O) groups is 1. The zero-order valence-electron chi connectivity index (χ0n) is 6.97. The molecule has 0 saturated heterocycles. The standard InChI is InChI=1S/C8H5N3O2S/c9-11-10-4-1-2-7-6(8(12)13)3-5-14-7/h3,5H,4H2,(H,12,13). The minimum absolute atomic E-state index is 0.0491. The van der Waals surface area contributed by atoms with Gasteiger partial charge in [0.15, 0.2) is 0 Å². The van der Waals surface area contributed by atoms with Crippen LogP contribution >= 0.6 is 11.3 Å². The van der Waals surface area contributed by atoms with Crippen molar-refractivity contribution >= 4 is 17.3 Å². The molecule has 0 aromatic carbocycles. The number of nitrogens with zero attached hydrogens (tertiary/aromatic N) is 3. The van der Waals surface area contributed by atoms with Crippen LogP contribution in [-0.2, 0) is 0 Å². The highest BCUT2D eigenvalue weighted by Crippen LogP contribution is 2.14. The Balaban J connectivity index is 2.84. The van der Waals surface area contributed by atoms with Crippen molar-refractivity contribution in [3.63, 3.8) is 0 Å². The number of carboxylic acid groups (broad SMARTS) is 1. The van der Waals surface area contributed by atoms with Gasteiger partial charge in [0.25, 0.3) is 0 Å². The van der Waals surface area contributed by atoms with Crippen molar-refractivity contribution in [2.75, 3.05) is 6.54 Å².